The van der Waals surface area contributed by atoms with Crippen LogP contribution in [0.1, 0.15) is 12.8 Å². The van der Waals surface area contributed by atoms with Crippen LogP contribution in [-0.4, -0.2) is 37.5 Å². The molecule has 0 spiro atoms. The highest BCUT2D eigenvalue weighted by Gasteiger charge is 2.29. The number of hydrogen-bond donors (Lipinski definition) is 2. The Bertz CT molecular complexity index is 99.8. The van der Waals surface area contributed by atoms with Crippen molar-refractivity contribution < 1.29 is 9.84 Å². The fourth-order valence-corrected chi connectivity index (χ4v) is 1.24. The maximum absolute atomic E-state index is 9.68. The molecule has 3 heteroatoms. The number of nitrogens with one attached hydrogen (secondary N) is 1. The van der Waals surface area contributed by atoms with Crippen molar-refractivity contribution in [2.75, 3.05) is 26.8 Å². The lowest BCUT2D eigenvalue weighted by Crippen LogP contribution is -2.32. The van der Waals surface area contributed by atoms with E-state index in [1.54, 1.807) is 7.11 Å². The summed E-state index contributed by atoms with van der Waals surface area (Å²) in [5.41, 5.74) is -0.490. The molecule has 1 fully saturated rings. The molecule has 1 unspecified atom stereocenters. The number of rotatable bonds is 3. The Morgan fingerprint density at radius 2 is 2.50 bits per heavy atom. The molecular formula is C7H15NO2. The molecule has 0 saturated carbocycles. The van der Waals surface area contributed by atoms with Crippen LogP contribution in [0.4, 0.5) is 0 Å². The average molecular weight is 145 g/mol. The third-order valence-corrected chi connectivity index (χ3v) is 1.99. The van der Waals surface area contributed by atoms with Gasteiger partial charge in [-0.2, -0.15) is 0 Å². The molecule has 1 aliphatic rings. The fraction of sp³-hybridized carbons (Fsp3) is 1.00. The summed E-state index contributed by atoms with van der Waals surface area (Å²) in [6.45, 7) is 2.30. The number of methoxy groups -OCH3 is 1. The highest BCUT2D eigenvalue weighted by Crippen LogP contribution is 2.17. The Morgan fingerprint density at radius 3 is 3.00 bits per heavy atom. The summed E-state index contributed by atoms with van der Waals surface area (Å²) in [7, 11) is 1.66. The normalized spacial score (nSPS) is 33.0. The first kappa shape index (κ1) is 7.98. The minimum Gasteiger partial charge on any atom is -0.388 e. The molecule has 3 nitrogen and oxygen atoms in total. The lowest BCUT2D eigenvalue weighted by Gasteiger charge is -2.19. The fourth-order valence-electron chi connectivity index (χ4n) is 1.24. The topological polar surface area (TPSA) is 41.5 Å². The average Bonchev–Trinajstić information content (AvgIpc) is 2.33. The van der Waals surface area contributed by atoms with Crippen LogP contribution in [0.15, 0.2) is 0 Å². The number of hydrogen-bond acceptors (Lipinski definition) is 3. The van der Waals surface area contributed by atoms with Gasteiger partial charge < -0.3 is 15.2 Å². The van der Waals surface area contributed by atoms with Crippen LogP contribution in [0.25, 0.3) is 0 Å². The molecule has 2 N–H and O–H groups in total. The van der Waals surface area contributed by atoms with Gasteiger partial charge in [0.05, 0.1) is 5.60 Å². The van der Waals surface area contributed by atoms with Crippen molar-refractivity contribution in [2.24, 2.45) is 0 Å². The second kappa shape index (κ2) is 3.32. The van der Waals surface area contributed by atoms with Gasteiger partial charge in [0.2, 0.25) is 0 Å². The quantitative estimate of drug-likeness (QED) is 0.575. The zero-order chi connectivity index (χ0) is 7.45. The monoisotopic (exact) mass is 145 g/mol. The molecule has 0 aromatic rings. The first-order valence-corrected chi connectivity index (χ1v) is 3.69. The summed E-state index contributed by atoms with van der Waals surface area (Å²) in [5, 5.41) is 12.8. The van der Waals surface area contributed by atoms with Gasteiger partial charge in [0, 0.05) is 26.7 Å². The largest absolute Gasteiger partial charge is 0.388 e. The number of β-amino-alcohol motifs (C(OH)–C–C–N with tert-alkyl or cyclic N) is 1. The van der Waals surface area contributed by atoms with Gasteiger partial charge in [0.25, 0.3) is 0 Å². The van der Waals surface area contributed by atoms with Gasteiger partial charge in [0.15, 0.2) is 0 Å². The molecule has 0 aliphatic carbocycles. The predicted molar refractivity (Wildman–Crippen MR) is 38.9 cm³/mol. The third-order valence-electron chi connectivity index (χ3n) is 1.99. The zero-order valence-corrected chi connectivity index (χ0v) is 6.39. The summed E-state index contributed by atoms with van der Waals surface area (Å²) < 4.78 is 4.88. The molecular weight excluding hydrogens is 130 g/mol. The van der Waals surface area contributed by atoms with Crippen molar-refractivity contribution in [3.05, 3.63) is 0 Å². The van der Waals surface area contributed by atoms with Gasteiger partial charge in [-0.25, -0.2) is 0 Å². The molecule has 1 heterocycles. The van der Waals surface area contributed by atoms with E-state index in [-0.39, 0.29) is 0 Å². The maximum Gasteiger partial charge on any atom is 0.0805 e. The molecule has 1 aliphatic heterocycles. The maximum atomic E-state index is 9.68. The first-order chi connectivity index (χ1) is 4.77. The van der Waals surface area contributed by atoms with E-state index in [1.165, 1.54) is 0 Å². The Hall–Kier alpha value is -0.120. The Kier molecular flexibility index (Phi) is 2.65. The molecule has 0 amide bonds. The molecule has 1 atom stereocenters. The second-order valence-electron chi connectivity index (χ2n) is 2.89. The van der Waals surface area contributed by atoms with E-state index in [1.807, 2.05) is 0 Å². The Morgan fingerprint density at radius 1 is 1.70 bits per heavy atom. The molecule has 0 bridgehead atoms. The highest BCUT2D eigenvalue weighted by molar-refractivity contribution is 4.87. The van der Waals surface area contributed by atoms with Crippen LogP contribution in [0, 0.1) is 0 Å². The van der Waals surface area contributed by atoms with Crippen LogP contribution in [0.5, 0.6) is 0 Å². The van der Waals surface area contributed by atoms with E-state index in [2.05, 4.69) is 5.32 Å². The Labute approximate surface area is 61.4 Å². The standard InChI is InChI=1S/C7H15NO2/c1-10-5-3-7(9)2-4-8-6-7/h8-9H,2-6H2,1H3. The van der Waals surface area contributed by atoms with Crippen LogP contribution in [-0.2, 0) is 4.74 Å². The first-order valence-electron chi connectivity index (χ1n) is 3.69. The SMILES string of the molecule is COCCC1(O)CCNC1. The second-order valence-corrected chi connectivity index (χ2v) is 2.89. The van der Waals surface area contributed by atoms with E-state index in [9.17, 15) is 5.11 Å². The van der Waals surface area contributed by atoms with Crippen LogP contribution in [0.2, 0.25) is 0 Å². The highest BCUT2D eigenvalue weighted by atomic mass is 16.5. The molecule has 10 heavy (non-hydrogen) atoms. The molecule has 0 aromatic carbocycles. The van der Waals surface area contributed by atoms with Crippen molar-refractivity contribution in [1.82, 2.24) is 5.32 Å². The number of ether oxygens (including phenoxy) is 1. The smallest absolute Gasteiger partial charge is 0.0805 e. The van der Waals surface area contributed by atoms with E-state index in [0.717, 1.165) is 25.9 Å². The summed E-state index contributed by atoms with van der Waals surface area (Å²) in [4.78, 5) is 0. The molecule has 1 saturated heterocycles. The van der Waals surface area contributed by atoms with Crippen LogP contribution >= 0.6 is 0 Å². The summed E-state index contributed by atoms with van der Waals surface area (Å²) in [6.07, 6.45) is 1.60. The van der Waals surface area contributed by atoms with E-state index < -0.39 is 5.60 Å². The van der Waals surface area contributed by atoms with Gasteiger partial charge in [-0.1, -0.05) is 0 Å². The van der Waals surface area contributed by atoms with Crippen molar-refractivity contribution in [1.29, 1.82) is 0 Å². The molecule has 60 valence electrons. The van der Waals surface area contributed by atoms with Gasteiger partial charge in [0.1, 0.15) is 0 Å². The van der Waals surface area contributed by atoms with Gasteiger partial charge in [-0.3, -0.25) is 0 Å². The van der Waals surface area contributed by atoms with Crippen molar-refractivity contribution >= 4 is 0 Å². The van der Waals surface area contributed by atoms with Crippen molar-refractivity contribution in [2.45, 2.75) is 18.4 Å². The van der Waals surface area contributed by atoms with Crippen molar-refractivity contribution in [3.63, 3.8) is 0 Å². The van der Waals surface area contributed by atoms with E-state index >= 15 is 0 Å². The van der Waals surface area contributed by atoms with Crippen LogP contribution in [0.3, 0.4) is 0 Å². The van der Waals surface area contributed by atoms with Gasteiger partial charge >= 0.3 is 0 Å². The van der Waals surface area contributed by atoms with Gasteiger partial charge in [-0.05, 0) is 13.0 Å². The minimum absolute atomic E-state index is 0.490. The summed E-state index contributed by atoms with van der Waals surface area (Å²) in [5.74, 6) is 0. The van der Waals surface area contributed by atoms with Crippen LogP contribution < -0.4 is 5.32 Å². The lowest BCUT2D eigenvalue weighted by atomic mass is 10.00. The molecule has 0 radical (unpaired) electrons. The van der Waals surface area contributed by atoms with Crippen molar-refractivity contribution in [3.8, 4) is 0 Å². The minimum atomic E-state index is -0.490. The van der Waals surface area contributed by atoms with E-state index in [0.29, 0.717) is 6.61 Å². The molecule has 0 aromatic heterocycles. The zero-order valence-electron chi connectivity index (χ0n) is 6.39. The van der Waals surface area contributed by atoms with Gasteiger partial charge in [-0.15, -0.1) is 0 Å². The summed E-state index contributed by atoms with van der Waals surface area (Å²) in [6, 6.07) is 0. The molecule has 1 rings (SSSR count). The lowest BCUT2D eigenvalue weighted by molar-refractivity contribution is 0.0258. The summed E-state index contributed by atoms with van der Waals surface area (Å²) >= 11 is 0. The number of aliphatic hydroxyl groups is 1. The van der Waals surface area contributed by atoms with E-state index in [4.69, 9.17) is 4.74 Å². The predicted octanol–water partition coefficient (Wildman–Crippen LogP) is -0.253. The Balaban J connectivity index is 2.22. The third kappa shape index (κ3) is 1.94.